The minimum atomic E-state index is 0.566. The molecule has 0 amide bonds. The summed E-state index contributed by atoms with van der Waals surface area (Å²) in [6, 6.07) is 18.2. The van der Waals surface area contributed by atoms with Gasteiger partial charge in [0, 0.05) is 0 Å². The minimum absolute atomic E-state index is 0.566. The Kier molecular flexibility index (Phi) is 5.58. The Morgan fingerprint density at radius 2 is 1.71 bits per heavy atom. The fourth-order valence-corrected chi connectivity index (χ4v) is 2.53. The Labute approximate surface area is 141 Å². The predicted octanol–water partition coefficient (Wildman–Crippen LogP) is 3.00. The third-order valence-corrected chi connectivity index (χ3v) is 3.75. The number of hydrogen-bond donors (Lipinski definition) is 1. The molecule has 5 nitrogen and oxygen atoms in total. The van der Waals surface area contributed by atoms with Crippen LogP contribution in [0.15, 0.2) is 59.0 Å². The van der Waals surface area contributed by atoms with Gasteiger partial charge in [0.2, 0.25) is 11.8 Å². The van der Waals surface area contributed by atoms with Crippen molar-refractivity contribution >= 4 is 0 Å². The van der Waals surface area contributed by atoms with E-state index in [0.717, 1.165) is 24.3 Å². The second kappa shape index (κ2) is 8.26. The summed E-state index contributed by atoms with van der Waals surface area (Å²) in [7, 11) is 1.69. The Bertz CT molecular complexity index is 756. The topological polar surface area (TPSA) is 60.2 Å². The molecule has 3 aromatic rings. The van der Waals surface area contributed by atoms with Gasteiger partial charge in [-0.1, -0.05) is 48.5 Å². The number of nitrogens with zero attached hydrogens (tertiary/aromatic N) is 2. The van der Waals surface area contributed by atoms with Crippen LogP contribution in [-0.4, -0.2) is 23.9 Å². The Morgan fingerprint density at radius 1 is 0.958 bits per heavy atom. The normalized spacial score (nSPS) is 10.7. The first-order valence-electron chi connectivity index (χ1n) is 8.03. The van der Waals surface area contributed by atoms with Crippen LogP contribution in [0.1, 0.15) is 22.9 Å². The van der Waals surface area contributed by atoms with Crippen molar-refractivity contribution in [3.05, 3.63) is 77.5 Å². The summed E-state index contributed by atoms with van der Waals surface area (Å²) in [6.45, 7) is 1.38. The fourth-order valence-electron chi connectivity index (χ4n) is 2.53. The van der Waals surface area contributed by atoms with Crippen molar-refractivity contribution in [1.82, 2.24) is 15.5 Å². The van der Waals surface area contributed by atoms with E-state index in [-0.39, 0.29) is 0 Å². The van der Waals surface area contributed by atoms with Crippen LogP contribution in [0.4, 0.5) is 0 Å². The second-order valence-corrected chi connectivity index (χ2v) is 5.49. The highest BCUT2D eigenvalue weighted by molar-refractivity contribution is 5.33. The molecule has 0 aliphatic rings. The monoisotopic (exact) mass is 323 g/mol. The largest absolute Gasteiger partial charge is 0.496 e. The van der Waals surface area contributed by atoms with Gasteiger partial charge in [-0.05, 0) is 30.2 Å². The maximum absolute atomic E-state index is 5.68. The van der Waals surface area contributed by atoms with Gasteiger partial charge in [-0.2, -0.15) is 0 Å². The van der Waals surface area contributed by atoms with Crippen molar-refractivity contribution < 1.29 is 9.15 Å². The molecule has 0 spiro atoms. The van der Waals surface area contributed by atoms with Gasteiger partial charge in [0.05, 0.1) is 20.1 Å². The number of rotatable bonds is 8. The summed E-state index contributed by atoms with van der Waals surface area (Å²) in [5, 5.41) is 11.5. The van der Waals surface area contributed by atoms with Crippen LogP contribution in [0.5, 0.6) is 5.75 Å². The highest BCUT2D eigenvalue weighted by Crippen LogP contribution is 2.17. The number of ether oxygens (including phenoxy) is 1. The minimum Gasteiger partial charge on any atom is -0.496 e. The lowest BCUT2D eigenvalue weighted by Gasteiger charge is -2.08. The highest BCUT2D eigenvalue weighted by atomic mass is 16.5. The van der Waals surface area contributed by atoms with Gasteiger partial charge >= 0.3 is 0 Å². The smallest absolute Gasteiger partial charge is 0.230 e. The molecule has 0 aliphatic heterocycles. The fraction of sp³-hybridized carbons (Fsp3) is 0.263. The summed E-state index contributed by atoms with van der Waals surface area (Å²) >= 11 is 0. The van der Waals surface area contributed by atoms with Crippen molar-refractivity contribution in [1.29, 1.82) is 0 Å². The van der Waals surface area contributed by atoms with Gasteiger partial charge in [0.15, 0.2) is 0 Å². The van der Waals surface area contributed by atoms with Crippen LogP contribution in [-0.2, 0) is 19.4 Å². The lowest BCUT2D eigenvalue weighted by atomic mass is 10.1. The molecule has 1 heterocycles. The molecule has 124 valence electrons. The molecular formula is C19H21N3O2. The van der Waals surface area contributed by atoms with Crippen LogP contribution in [0, 0.1) is 0 Å². The summed E-state index contributed by atoms with van der Waals surface area (Å²) in [6.07, 6.45) is 1.55. The van der Waals surface area contributed by atoms with Crippen molar-refractivity contribution in [2.75, 3.05) is 13.7 Å². The van der Waals surface area contributed by atoms with Crippen LogP contribution in [0.25, 0.3) is 0 Å². The zero-order valence-corrected chi connectivity index (χ0v) is 13.7. The lowest BCUT2D eigenvalue weighted by molar-refractivity contribution is 0.408. The molecular weight excluding hydrogens is 302 g/mol. The zero-order valence-electron chi connectivity index (χ0n) is 13.7. The maximum Gasteiger partial charge on any atom is 0.230 e. The van der Waals surface area contributed by atoms with E-state index in [1.807, 2.05) is 36.4 Å². The number of benzene rings is 2. The maximum atomic E-state index is 5.68. The number of aromatic nitrogens is 2. The quantitative estimate of drug-likeness (QED) is 0.646. The van der Waals surface area contributed by atoms with Crippen LogP contribution < -0.4 is 10.1 Å². The van der Waals surface area contributed by atoms with E-state index in [2.05, 4.69) is 33.7 Å². The van der Waals surface area contributed by atoms with Crippen LogP contribution in [0.2, 0.25) is 0 Å². The average Bonchev–Trinajstić information content (AvgIpc) is 3.07. The number of para-hydroxylation sites is 1. The van der Waals surface area contributed by atoms with E-state index >= 15 is 0 Å². The standard InChI is InChI=1S/C19H21N3O2/c1-23-17-10-6-5-9-16(17)11-12-20-14-19-22-21-18(24-19)13-15-7-3-2-4-8-15/h2-10,20H,11-14H2,1H3. The Morgan fingerprint density at radius 3 is 2.54 bits per heavy atom. The molecule has 2 aromatic carbocycles. The molecule has 3 rings (SSSR count). The van der Waals surface area contributed by atoms with Gasteiger partial charge < -0.3 is 14.5 Å². The van der Waals surface area contributed by atoms with Gasteiger partial charge in [0.1, 0.15) is 5.75 Å². The zero-order chi connectivity index (χ0) is 16.6. The molecule has 0 saturated carbocycles. The van der Waals surface area contributed by atoms with Crippen molar-refractivity contribution in [2.45, 2.75) is 19.4 Å². The highest BCUT2D eigenvalue weighted by Gasteiger charge is 2.07. The molecule has 0 bridgehead atoms. The molecule has 0 aliphatic carbocycles. The Hall–Kier alpha value is -2.66. The first-order chi connectivity index (χ1) is 11.8. The molecule has 0 atom stereocenters. The molecule has 24 heavy (non-hydrogen) atoms. The second-order valence-electron chi connectivity index (χ2n) is 5.49. The summed E-state index contributed by atoms with van der Waals surface area (Å²) in [5.74, 6) is 2.17. The van der Waals surface area contributed by atoms with Crippen LogP contribution in [0.3, 0.4) is 0 Å². The molecule has 0 fully saturated rings. The SMILES string of the molecule is COc1ccccc1CCNCc1nnc(Cc2ccccc2)o1. The van der Waals surface area contributed by atoms with E-state index in [4.69, 9.17) is 9.15 Å². The van der Waals surface area contributed by atoms with Crippen molar-refractivity contribution in [3.63, 3.8) is 0 Å². The van der Waals surface area contributed by atoms with Gasteiger partial charge in [0.25, 0.3) is 0 Å². The number of hydrogen-bond acceptors (Lipinski definition) is 5. The number of methoxy groups -OCH3 is 1. The van der Waals surface area contributed by atoms with E-state index in [9.17, 15) is 0 Å². The number of nitrogens with one attached hydrogen (secondary N) is 1. The molecule has 0 unspecified atom stereocenters. The average molecular weight is 323 g/mol. The third-order valence-electron chi connectivity index (χ3n) is 3.75. The molecule has 0 saturated heterocycles. The van der Waals surface area contributed by atoms with Gasteiger partial charge in [-0.25, -0.2) is 0 Å². The van der Waals surface area contributed by atoms with E-state index in [0.29, 0.717) is 24.7 Å². The summed E-state index contributed by atoms with van der Waals surface area (Å²) in [5.41, 5.74) is 2.35. The van der Waals surface area contributed by atoms with E-state index in [1.54, 1.807) is 7.11 Å². The lowest BCUT2D eigenvalue weighted by Crippen LogP contribution is -2.17. The predicted molar refractivity (Wildman–Crippen MR) is 92.0 cm³/mol. The summed E-state index contributed by atoms with van der Waals surface area (Å²) < 4.78 is 11.0. The molecule has 1 N–H and O–H groups in total. The van der Waals surface area contributed by atoms with Crippen molar-refractivity contribution in [3.8, 4) is 5.75 Å². The van der Waals surface area contributed by atoms with Gasteiger partial charge in [-0.15, -0.1) is 10.2 Å². The molecule has 1 aromatic heterocycles. The first-order valence-corrected chi connectivity index (χ1v) is 8.03. The third kappa shape index (κ3) is 4.43. The van der Waals surface area contributed by atoms with Crippen LogP contribution >= 0.6 is 0 Å². The first kappa shape index (κ1) is 16.2. The Balaban J connectivity index is 1.46. The summed E-state index contributed by atoms with van der Waals surface area (Å²) in [4.78, 5) is 0. The van der Waals surface area contributed by atoms with Gasteiger partial charge in [-0.3, -0.25) is 0 Å². The van der Waals surface area contributed by atoms with E-state index in [1.165, 1.54) is 5.56 Å². The molecule has 5 heteroatoms. The molecule has 0 radical (unpaired) electrons. The van der Waals surface area contributed by atoms with Crippen molar-refractivity contribution in [2.24, 2.45) is 0 Å². The van der Waals surface area contributed by atoms with E-state index < -0.39 is 0 Å².